The molecule has 0 aromatic heterocycles. The van der Waals surface area contributed by atoms with Crippen molar-refractivity contribution in [2.24, 2.45) is 11.1 Å². The maximum atomic E-state index is 11.7. The Morgan fingerprint density at radius 3 is 2.12 bits per heavy atom. The molecule has 0 aliphatic carbocycles. The number of hydrogen-bond donors (Lipinski definition) is 2. The van der Waals surface area contributed by atoms with Crippen LogP contribution in [0.2, 0.25) is 0 Å². The molecule has 0 fully saturated rings. The molecule has 0 spiro atoms. The third-order valence-corrected chi connectivity index (χ3v) is 2.27. The number of primary amides is 1. The molecule has 0 bridgehead atoms. The van der Waals surface area contributed by atoms with Crippen molar-refractivity contribution in [2.75, 3.05) is 5.32 Å². The molecule has 0 aliphatic rings. The van der Waals surface area contributed by atoms with E-state index in [9.17, 15) is 9.59 Å². The first-order chi connectivity index (χ1) is 7.79. The van der Waals surface area contributed by atoms with Gasteiger partial charge in [-0.2, -0.15) is 0 Å². The van der Waals surface area contributed by atoms with Crippen molar-refractivity contribution in [2.45, 2.75) is 27.2 Å². The fourth-order valence-corrected chi connectivity index (χ4v) is 1.23. The lowest BCUT2D eigenvalue weighted by Gasteiger charge is -2.17. The second kappa shape index (κ2) is 4.99. The van der Waals surface area contributed by atoms with Gasteiger partial charge in [-0.05, 0) is 17.7 Å². The number of hydrogen-bond acceptors (Lipinski definition) is 2. The zero-order chi connectivity index (χ0) is 13.1. The lowest BCUT2D eigenvalue weighted by atomic mass is 9.95. The summed E-state index contributed by atoms with van der Waals surface area (Å²) in [7, 11) is 0. The molecule has 1 rings (SSSR count). The van der Waals surface area contributed by atoms with E-state index < -0.39 is 5.41 Å². The monoisotopic (exact) mass is 234 g/mol. The van der Waals surface area contributed by atoms with Crippen molar-refractivity contribution in [1.82, 2.24) is 0 Å². The van der Waals surface area contributed by atoms with Gasteiger partial charge in [0.05, 0.1) is 6.42 Å². The Labute approximate surface area is 101 Å². The predicted octanol–water partition coefficient (Wildman–Crippen LogP) is 1.70. The van der Waals surface area contributed by atoms with Gasteiger partial charge in [-0.1, -0.05) is 32.9 Å². The third kappa shape index (κ3) is 4.26. The second-order valence-corrected chi connectivity index (χ2v) is 5.04. The minimum Gasteiger partial charge on any atom is -0.369 e. The lowest BCUT2D eigenvalue weighted by molar-refractivity contribution is -0.123. The highest BCUT2D eigenvalue weighted by Crippen LogP contribution is 2.17. The molecule has 1 aromatic carbocycles. The van der Waals surface area contributed by atoms with Crippen molar-refractivity contribution in [1.29, 1.82) is 0 Å². The molecule has 92 valence electrons. The normalized spacial score (nSPS) is 11.0. The number of nitrogens with one attached hydrogen (secondary N) is 1. The summed E-state index contributed by atoms with van der Waals surface area (Å²) < 4.78 is 0. The van der Waals surface area contributed by atoms with Crippen molar-refractivity contribution in [3.8, 4) is 0 Å². The van der Waals surface area contributed by atoms with E-state index in [0.29, 0.717) is 0 Å². The van der Waals surface area contributed by atoms with Crippen LogP contribution in [0, 0.1) is 5.41 Å². The largest absolute Gasteiger partial charge is 0.369 e. The highest BCUT2D eigenvalue weighted by Gasteiger charge is 2.20. The molecule has 0 saturated carbocycles. The zero-order valence-electron chi connectivity index (χ0n) is 10.4. The molecule has 0 atom stereocenters. The zero-order valence-corrected chi connectivity index (χ0v) is 10.4. The van der Waals surface area contributed by atoms with Crippen LogP contribution in [-0.2, 0) is 16.0 Å². The smallest absolute Gasteiger partial charge is 0.229 e. The van der Waals surface area contributed by atoms with E-state index in [1.165, 1.54) is 0 Å². The molecule has 1 aromatic rings. The average Bonchev–Trinajstić information content (AvgIpc) is 2.18. The molecule has 0 aliphatic heterocycles. The van der Waals surface area contributed by atoms with E-state index in [1.54, 1.807) is 24.3 Å². The lowest BCUT2D eigenvalue weighted by Crippen LogP contribution is -2.27. The molecule has 4 heteroatoms. The van der Waals surface area contributed by atoms with Crippen LogP contribution in [0.4, 0.5) is 5.69 Å². The molecule has 0 heterocycles. The van der Waals surface area contributed by atoms with Crippen LogP contribution in [-0.4, -0.2) is 11.8 Å². The molecule has 2 amide bonds. The van der Waals surface area contributed by atoms with E-state index in [1.807, 2.05) is 20.8 Å². The Morgan fingerprint density at radius 2 is 1.71 bits per heavy atom. The van der Waals surface area contributed by atoms with Gasteiger partial charge >= 0.3 is 0 Å². The van der Waals surface area contributed by atoms with Crippen LogP contribution >= 0.6 is 0 Å². The first-order valence-corrected chi connectivity index (χ1v) is 5.48. The summed E-state index contributed by atoms with van der Waals surface area (Å²) >= 11 is 0. The highest BCUT2D eigenvalue weighted by atomic mass is 16.2. The van der Waals surface area contributed by atoms with Gasteiger partial charge in [-0.15, -0.1) is 0 Å². The van der Waals surface area contributed by atoms with E-state index in [0.717, 1.165) is 11.3 Å². The Hall–Kier alpha value is -1.84. The summed E-state index contributed by atoms with van der Waals surface area (Å²) in [6.45, 7) is 5.55. The fourth-order valence-electron chi connectivity index (χ4n) is 1.23. The van der Waals surface area contributed by atoms with Gasteiger partial charge in [0.25, 0.3) is 0 Å². The molecular formula is C13H18N2O2. The summed E-state index contributed by atoms with van der Waals surface area (Å²) in [5, 5.41) is 2.81. The fraction of sp³-hybridized carbons (Fsp3) is 0.385. The first kappa shape index (κ1) is 13.2. The Morgan fingerprint density at radius 1 is 1.18 bits per heavy atom. The van der Waals surface area contributed by atoms with Gasteiger partial charge in [0.15, 0.2) is 0 Å². The van der Waals surface area contributed by atoms with Gasteiger partial charge < -0.3 is 11.1 Å². The number of anilines is 1. The number of benzene rings is 1. The number of carbonyl (C=O) groups excluding carboxylic acids is 2. The van der Waals surface area contributed by atoms with Gasteiger partial charge in [-0.25, -0.2) is 0 Å². The van der Waals surface area contributed by atoms with Crippen molar-refractivity contribution in [3.63, 3.8) is 0 Å². The van der Waals surface area contributed by atoms with Crippen LogP contribution in [0.1, 0.15) is 26.3 Å². The highest BCUT2D eigenvalue weighted by molar-refractivity contribution is 5.94. The third-order valence-electron chi connectivity index (χ3n) is 2.27. The van der Waals surface area contributed by atoms with Gasteiger partial charge in [0, 0.05) is 11.1 Å². The average molecular weight is 234 g/mol. The molecular weight excluding hydrogens is 216 g/mol. The van der Waals surface area contributed by atoms with Crippen LogP contribution in [0.15, 0.2) is 24.3 Å². The molecule has 4 nitrogen and oxygen atoms in total. The molecule has 3 N–H and O–H groups in total. The van der Waals surface area contributed by atoms with Crippen molar-refractivity contribution >= 4 is 17.5 Å². The number of carbonyl (C=O) groups is 2. The minimum absolute atomic E-state index is 0.0415. The van der Waals surface area contributed by atoms with Gasteiger partial charge in [0.2, 0.25) is 11.8 Å². The minimum atomic E-state index is -0.425. The maximum absolute atomic E-state index is 11.7. The predicted molar refractivity (Wildman–Crippen MR) is 67.4 cm³/mol. The maximum Gasteiger partial charge on any atom is 0.229 e. The SMILES string of the molecule is CC(C)(C)C(=O)Nc1ccc(CC(N)=O)cc1. The Bertz CT molecular complexity index is 416. The summed E-state index contributed by atoms with van der Waals surface area (Å²) in [5.41, 5.74) is 6.23. The summed E-state index contributed by atoms with van der Waals surface area (Å²) in [6.07, 6.45) is 0.216. The number of rotatable bonds is 3. The van der Waals surface area contributed by atoms with Crippen LogP contribution < -0.4 is 11.1 Å². The van der Waals surface area contributed by atoms with Crippen LogP contribution in [0.25, 0.3) is 0 Å². The Kier molecular flexibility index (Phi) is 3.89. The Balaban J connectivity index is 2.69. The number of nitrogens with two attached hydrogens (primary N) is 1. The summed E-state index contributed by atoms with van der Waals surface area (Å²) in [4.78, 5) is 22.4. The van der Waals surface area contributed by atoms with Crippen LogP contribution in [0.5, 0.6) is 0 Å². The molecule has 0 radical (unpaired) electrons. The second-order valence-electron chi connectivity index (χ2n) is 5.04. The number of amides is 2. The van der Waals surface area contributed by atoms with Crippen LogP contribution in [0.3, 0.4) is 0 Å². The van der Waals surface area contributed by atoms with E-state index >= 15 is 0 Å². The topological polar surface area (TPSA) is 72.2 Å². The summed E-state index contributed by atoms with van der Waals surface area (Å²) in [6, 6.07) is 7.09. The standard InChI is InChI=1S/C13H18N2O2/c1-13(2,3)12(17)15-10-6-4-9(5-7-10)8-11(14)16/h4-7H,8H2,1-3H3,(H2,14,16)(H,15,17). The quantitative estimate of drug-likeness (QED) is 0.835. The van der Waals surface area contributed by atoms with Gasteiger partial charge in [0.1, 0.15) is 0 Å². The van der Waals surface area contributed by atoms with Crippen molar-refractivity contribution in [3.05, 3.63) is 29.8 Å². The van der Waals surface area contributed by atoms with E-state index in [-0.39, 0.29) is 18.2 Å². The molecule has 0 unspecified atom stereocenters. The van der Waals surface area contributed by atoms with Crippen molar-refractivity contribution < 1.29 is 9.59 Å². The molecule has 17 heavy (non-hydrogen) atoms. The molecule has 0 saturated heterocycles. The van der Waals surface area contributed by atoms with Gasteiger partial charge in [-0.3, -0.25) is 9.59 Å². The van der Waals surface area contributed by atoms with E-state index in [2.05, 4.69) is 5.32 Å². The summed E-state index contributed by atoms with van der Waals surface area (Å²) in [5.74, 6) is -0.406. The van der Waals surface area contributed by atoms with E-state index in [4.69, 9.17) is 5.73 Å². The first-order valence-electron chi connectivity index (χ1n) is 5.48.